The molecule has 0 unspecified atom stereocenters. The van der Waals surface area contributed by atoms with Crippen LogP contribution in [0.25, 0.3) is 15.3 Å². The number of carbonyl (C=O) groups excluding carboxylic acids is 1. The maximum absolute atomic E-state index is 13.1. The number of rotatable bonds is 6. The summed E-state index contributed by atoms with van der Waals surface area (Å²) < 4.78 is 40.7. The van der Waals surface area contributed by atoms with Crippen LogP contribution in [0, 0.1) is 12.7 Å². The van der Waals surface area contributed by atoms with E-state index in [-0.39, 0.29) is 17.1 Å². The molecule has 0 atom stereocenters. The largest absolute Gasteiger partial charge is 0.310 e. The Bertz CT molecular complexity index is 1450. The summed E-state index contributed by atoms with van der Waals surface area (Å²) in [7, 11) is -3.71. The molecule has 2 aromatic carbocycles. The Hall–Kier alpha value is -3.11. The van der Waals surface area contributed by atoms with Crippen molar-refractivity contribution in [2.45, 2.75) is 43.9 Å². The first-order valence-electron chi connectivity index (χ1n) is 11.1. The van der Waals surface area contributed by atoms with Crippen LogP contribution in [-0.4, -0.2) is 34.8 Å². The average molecular weight is 499 g/mol. The number of fused-ring (bicyclic) bond motifs is 2. The Labute approximate surface area is 200 Å². The summed E-state index contributed by atoms with van der Waals surface area (Å²) in [6.07, 6.45) is 4.32. The lowest BCUT2D eigenvalue weighted by molar-refractivity contribution is -0.115. The van der Waals surface area contributed by atoms with Gasteiger partial charge in [-0.3, -0.25) is 4.79 Å². The summed E-state index contributed by atoms with van der Waals surface area (Å²) in [5.74, 6) is -0.922. The molecule has 7 nitrogen and oxygen atoms in total. The highest BCUT2D eigenvalue weighted by molar-refractivity contribution is 7.91. The Morgan fingerprint density at radius 2 is 1.82 bits per heavy atom. The highest BCUT2D eigenvalue weighted by Gasteiger charge is 2.20. The first-order valence-corrected chi connectivity index (χ1v) is 13.5. The molecule has 34 heavy (non-hydrogen) atoms. The summed E-state index contributed by atoms with van der Waals surface area (Å²) in [6, 6.07) is 10.7. The minimum atomic E-state index is -3.71. The maximum atomic E-state index is 13.1. The van der Waals surface area contributed by atoms with E-state index in [4.69, 9.17) is 4.98 Å². The first-order chi connectivity index (χ1) is 16.3. The number of thiazole rings is 1. The van der Waals surface area contributed by atoms with Crippen molar-refractivity contribution < 1.29 is 17.6 Å². The number of halogens is 1. The van der Waals surface area contributed by atoms with Gasteiger partial charge in [0.25, 0.3) is 0 Å². The van der Waals surface area contributed by atoms with Crippen LogP contribution in [0.15, 0.2) is 47.4 Å². The van der Waals surface area contributed by atoms with E-state index in [0.717, 1.165) is 35.2 Å². The van der Waals surface area contributed by atoms with Gasteiger partial charge in [-0.15, -0.1) is 0 Å². The van der Waals surface area contributed by atoms with Crippen LogP contribution in [0.4, 0.5) is 10.2 Å². The van der Waals surface area contributed by atoms with Crippen molar-refractivity contribution in [3.05, 3.63) is 65.1 Å². The molecule has 1 N–H and O–H groups in total. The van der Waals surface area contributed by atoms with E-state index in [2.05, 4.69) is 22.5 Å². The smallest absolute Gasteiger partial charge is 0.226 e. The number of amides is 1. The van der Waals surface area contributed by atoms with Gasteiger partial charge in [-0.1, -0.05) is 11.3 Å². The number of benzene rings is 2. The Morgan fingerprint density at radius 1 is 1.12 bits per heavy atom. The zero-order valence-electron chi connectivity index (χ0n) is 18.5. The van der Waals surface area contributed by atoms with Crippen molar-refractivity contribution in [1.82, 2.24) is 14.8 Å². The number of anilines is 1. The van der Waals surface area contributed by atoms with Gasteiger partial charge in [0.2, 0.25) is 11.0 Å². The average Bonchev–Trinajstić information content (AvgIpc) is 3.38. The van der Waals surface area contributed by atoms with Crippen molar-refractivity contribution in [3.63, 3.8) is 0 Å². The molecule has 10 heteroatoms. The molecule has 0 saturated carbocycles. The molecule has 4 aromatic rings. The number of aryl methyl sites for hydroxylation is 3. The van der Waals surface area contributed by atoms with Crippen LogP contribution in [0.3, 0.4) is 0 Å². The minimum absolute atomic E-state index is 0.0141. The zero-order chi connectivity index (χ0) is 23.9. The fraction of sp³-hybridized carbons (Fsp3) is 0.292. The summed E-state index contributed by atoms with van der Waals surface area (Å²) in [5.41, 5.74) is 4.34. The molecule has 0 bridgehead atoms. The van der Waals surface area contributed by atoms with Gasteiger partial charge in [-0.2, -0.15) is 9.78 Å². The normalized spacial score (nSPS) is 13.7. The minimum Gasteiger partial charge on any atom is -0.310 e. The van der Waals surface area contributed by atoms with Gasteiger partial charge in [0.15, 0.2) is 9.84 Å². The van der Waals surface area contributed by atoms with Crippen molar-refractivity contribution in [3.8, 4) is 5.13 Å². The molecule has 176 valence electrons. The van der Waals surface area contributed by atoms with Gasteiger partial charge >= 0.3 is 0 Å². The van der Waals surface area contributed by atoms with Crippen LogP contribution < -0.4 is 5.32 Å². The van der Waals surface area contributed by atoms with E-state index >= 15 is 0 Å². The number of sulfone groups is 1. The summed E-state index contributed by atoms with van der Waals surface area (Å²) in [6.45, 7) is 1.82. The van der Waals surface area contributed by atoms with E-state index in [1.807, 2.05) is 6.92 Å². The van der Waals surface area contributed by atoms with E-state index < -0.39 is 21.6 Å². The van der Waals surface area contributed by atoms with Gasteiger partial charge < -0.3 is 5.32 Å². The number of hydrogen-bond donors (Lipinski definition) is 1. The summed E-state index contributed by atoms with van der Waals surface area (Å²) in [5, 5.41) is 7.89. The fourth-order valence-electron chi connectivity index (χ4n) is 4.16. The molecule has 1 aliphatic rings. The number of aromatic nitrogens is 3. The van der Waals surface area contributed by atoms with Crippen LogP contribution in [-0.2, 0) is 27.5 Å². The highest BCUT2D eigenvalue weighted by atomic mass is 32.2. The Morgan fingerprint density at radius 3 is 2.56 bits per heavy atom. The van der Waals surface area contributed by atoms with Crippen LogP contribution in [0.2, 0.25) is 0 Å². The molecular formula is C24H23FN4O3S2. The van der Waals surface area contributed by atoms with Gasteiger partial charge in [-0.05, 0) is 80.1 Å². The molecule has 1 amide bonds. The number of nitrogens with one attached hydrogen (secondary N) is 1. The zero-order valence-corrected chi connectivity index (χ0v) is 20.2. The van der Waals surface area contributed by atoms with E-state index in [1.54, 1.807) is 10.7 Å². The second-order valence-corrected chi connectivity index (χ2v) is 11.6. The van der Waals surface area contributed by atoms with Crippen molar-refractivity contribution in [2.24, 2.45) is 0 Å². The first kappa shape index (κ1) is 22.7. The predicted molar refractivity (Wildman–Crippen MR) is 130 cm³/mol. The van der Waals surface area contributed by atoms with Crippen LogP contribution >= 0.6 is 11.3 Å². The third kappa shape index (κ3) is 4.60. The Kier molecular flexibility index (Phi) is 5.95. The molecule has 0 saturated heterocycles. The van der Waals surface area contributed by atoms with Crippen molar-refractivity contribution in [1.29, 1.82) is 0 Å². The third-order valence-electron chi connectivity index (χ3n) is 5.89. The second kappa shape index (κ2) is 8.92. The van der Waals surface area contributed by atoms with Gasteiger partial charge in [0, 0.05) is 12.5 Å². The van der Waals surface area contributed by atoms with Crippen LogP contribution in [0.5, 0.6) is 0 Å². The molecule has 2 heterocycles. The van der Waals surface area contributed by atoms with Crippen LogP contribution in [0.1, 0.15) is 36.1 Å². The predicted octanol–water partition coefficient (Wildman–Crippen LogP) is 4.61. The monoisotopic (exact) mass is 498 g/mol. The quantitative estimate of drug-likeness (QED) is 0.392. The molecule has 2 aromatic heterocycles. The molecule has 0 fully saturated rings. The standard InChI is InChI=1S/C24H23FN4O3S2/c1-15-12-22(27-23(30)10-11-34(31,32)19-8-6-18(25)7-9-19)29(28-15)24-26-20-13-16-4-2-3-5-17(16)14-21(20)33-24/h6-9,12-14H,2-5,10-11H2,1H3,(H,27,30). The van der Waals surface area contributed by atoms with E-state index in [9.17, 15) is 17.6 Å². The second-order valence-electron chi connectivity index (χ2n) is 8.45. The van der Waals surface area contributed by atoms with Gasteiger partial charge in [0.1, 0.15) is 11.6 Å². The Balaban J connectivity index is 1.34. The van der Waals surface area contributed by atoms with Crippen molar-refractivity contribution in [2.75, 3.05) is 11.1 Å². The molecule has 0 radical (unpaired) electrons. The summed E-state index contributed by atoms with van der Waals surface area (Å²) in [4.78, 5) is 17.3. The topological polar surface area (TPSA) is 94.0 Å². The van der Waals surface area contributed by atoms with E-state index in [1.165, 1.54) is 47.4 Å². The lowest BCUT2D eigenvalue weighted by Crippen LogP contribution is -2.19. The third-order valence-corrected chi connectivity index (χ3v) is 8.62. The number of carbonyl (C=O) groups is 1. The number of hydrogen-bond acceptors (Lipinski definition) is 6. The lowest BCUT2D eigenvalue weighted by Gasteiger charge is -2.14. The molecular weight excluding hydrogens is 475 g/mol. The van der Waals surface area contributed by atoms with Crippen molar-refractivity contribution >= 4 is 43.1 Å². The molecule has 0 aliphatic heterocycles. The highest BCUT2D eigenvalue weighted by Crippen LogP contribution is 2.32. The lowest BCUT2D eigenvalue weighted by atomic mass is 9.92. The summed E-state index contributed by atoms with van der Waals surface area (Å²) >= 11 is 1.51. The molecule has 1 aliphatic carbocycles. The molecule has 5 rings (SSSR count). The van der Waals surface area contributed by atoms with Gasteiger partial charge in [-0.25, -0.2) is 17.8 Å². The van der Waals surface area contributed by atoms with Gasteiger partial charge in [0.05, 0.1) is 26.6 Å². The van der Waals surface area contributed by atoms with E-state index in [0.29, 0.717) is 16.6 Å². The molecule has 0 spiro atoms. The SMILES string of the molecule is Cc1cc(NC(=O)CCS(=O)(=O)c2ccc(F)cc2)n(-c2nc3cc4c(cc3s2)CCCC4)n1. The number of nitrogens with zero attached hydrogens (tertiary/aromatic N) is 3. The maximum Gasteiger partial charge on any atom is 0.226 e. The fourth-order valence-corrected chi connectivity index (χ4v) is 6.38.